The fourth-order valence-corrected chi connectivity index (χ4v) is 3.22. The summed E-state index contributed by atoms with van der Waals surface area (Å²) in [4.78, 5) is 18.2. The Kier molecular flexibility index (Phi) is 7.73. The number of aliphatic imine (C=N–C) groups is 1. The average Bonchev–Trinajstić information content (AvgIpc) is 2.64. The van der Waals surface area contributed by atoms with Gasteiger partial charge in [-0.3, -0.25) is 9.79 Å². The first-order valence-corrected chi connectivity index (χ1v) is 8.89. The van der Waals surface area contributed by atoms with Crippen LogP contribution in [0.5, 0.6) is 0 Å². The van der Waals surface area contributed by atoms with Crippen molar-refractivity contribution in [3.05, 3.63) is 35.4 Å². The van der Waals surface area contributed by atoms with Crippen molar-refractivity contribution in [2.24, 2.45) is 10.9 Å². The van der Waals surface area contributed by atoms with Crippen molar-refractivity contribution >= 4 is 11.9 Å². The number of nitrogens with zero attached hydrogens (tertiary/aromatic N) is 2. The molecule has 0 spiro atoms. The molecule has 0 saturated carbocycles. The number of benzene rings is 1. The summed E-state index contributed by atoms with van der Waals surface area (Å²) in [6, 6.07) is 8.38. The number of likely N-dealkylation sites (tertiary alicyclic amines) is 1. The van der Waals surface area contributed by atoms with Gasteiger partial charge in [-0.1, -0.05) is 24.3 Å². The van der Waals surface area contributed by atoms with Crippen molar-refractivity contribution < 1.29 is 9.53 Å². The number of carbonyl (C=O) groups is 1. The summed E-state index contributed by atoms with van der Waals surface area (Å²) in [6.07, 6.45) is 2.68. The lowest BCUT2D eigenvalue weighted by Crippen LogP contribution is -2.45. The third-order valence-corrected chi connectivity index (χ3v) is 4.63. The van der Waals surface area contributed by atoms with Crippen LogP contribution in [-0.2, 0) is 22.7 Å². The number of piperidine rings is 1. The number of nitrogens with one attached hydrogen (secondary N) is 2. The van der Waals surface area contributed by atoms with Gasteiger partial charge in [-0.15, -0.1) is 0 Å². The van der Waals surface area contributed by atoms with Crippen molar-refractivity contribution in [3.8, 4) is 0 Å². The van der Waals surface area contributed by atoms with E-state index < -0.39 is 0 Å². The maximum absolute atomic E-state index is 11.5. The maximum atomic E-state index is 11.5. The predicted molar refractivity (Wildman–Crippen MR) is 100 cm³/mol. The lowest BCUT2D eigenvalue weighted by atomic mass is 9.93. The molecule has 1 fully saturated rings. The molecule has 1 aliphatic heterocycles. The van der Waals surface area contributed by atoms with Crippen LogP contribution >= 0.6 is 0 Å². The average molecular weight is 346 g/mol. The minimum Gasteiger partial charge on any atom is -0.380 e. The Morgan fingerprint density at radius 3 is 2.68 bits per heavy atom. The molecule has 138 valence electrons. The van der Waals surface area contributed by atoms with Crippen LogP contribution < -0.4 is 10.6 Å². The normalized spacial score (nSPS) is 16.0. The first kappa shape index (κ1) is 19.2. The standard InChI is InChI=1S/C19H30N4O2/c1-20-18(24)12-15-7-9-23(10-8-15)19(21-2)22-13-16-5-4-6-17(11-16)14-25-3/h4-6,11,15H,7-10,12-14H2,1-3H3,(H,20,24)(H,21,22). The van der Waals surface area contributed by atoms with E-state index in [0.29, 0.717) is 18.9 Å². The van der Waals surface area contributed by atoms with E-state index in [1.165, 1.54) is 11.1 Å². The van der Waals surface area contributed by atoms with Crippen LogP contribution in [0, 0.1) is 5.92 Å². The first-order valence-electron chi connectivity index (χ1n) is 8.89. The quantitative estimate of drug-likeness (QED) is 0.608. The van der Waals surface area contributed by atoms with Gasteiger partial charge in [0.2, 0.25) is 5.91 Å². The molecule has 0 atom stereocenters. The van der Waals surface area contributed by atoms with Crippen molar-refractivity contribution in [1.29, 1.82) is 0 Å². The molecule has 2 rings (SSSR count). The maximum Gasteiger partial charge on any atom is 0.220 e. The third kappa shape index (κ3) is 6.05. The molecule has 0 aliphatic carbocycles. The van der Waals surface area contributed by atoms with Gasteiger partial charge < -0.3 is 20.3 Å². The molecule has 1 aromatic rings. The molecule has 1 aromatic carbocycles. The van der Waals surface area contributed by atoms with Crippen molar-refractivity contribution in [3.63, 3.8) is 0 Å². The second kappa shape index (κ2) is 10.0. The number of hydrogen-bond donors (Lipinski definition) is 2. The zero-order valence-corrected chi connectivity index (χ0v) is 15.5. The number of ether oxygens (including phenoxy) is 1. The summed E-state index contributed by atoms with van der Waals surface area (Å²) in [5.41, 5.74) is 2.39. The fraction of sp³-hybridized carbons (Fsp3) is 0.579. The highest BCUT2D eigenvalue weighted by Gasteiger charge is 2.22. The fourth-order valence-electron chi connectivity index (χ4n) is 3.22. The molecule has 0 bridgehead atoms. The van der Waals surface area contributed by atoms with Crippen LogP contribution in [0.15, 0.2) is 29.3 Å². The van der Waals surface area contributed by atoms with Crippen molar-refractivity contribution in [2.45, 2.75) is 32.4 Å². The Bertz CT molecular complexity index is 581. The smallest absolute Gasteiger partial charge is 0.220 e. The summed E-state index contributed by atoms with van der Waals surface area (Å²) in [5, 5.41) is 6.16. The highest BCUT2D eigenvalue weighted by molar-refractivity contribution is 5.80. The zero-order valence-electron chi connectivity index (χ0n) is 15.5. The summed E-state index contributed by atoms with van der Waals surface area (Å²) < 4.78 is 5.19. The molecule has 25 heavy (non-hydrogen) atoms. The Labute approximate surface area is 150 Å². The van der Waals surface area contributed by atoms with Gasteiger partial charge in [-0.25, -0.2) is 0 Å². The number of rotatable bonds is 6. The summed E-state index contributed by atoms with van der Waals surface area (Å²) in [6.45, 7) is 3.24. The van der Waals surface area contributed by atoms with E-state index in [4.69, 9.17) is 4.74 Å². The van der Waals surface area contributed by atoms with E-state index in [0.717, 1.165) is 38.4 Å². The third-order valence-electron chi connectivity index (χ3n) is 4.63. The van der Waals surface area contributed by atoms with Crippen molar-refractivity contribution in [2.75, 3.05) is 34.3 Å². The van der Waals surface area contributed by atoms with Gasteiger partial charge in [0.25, 0.3) is 0 Å². The van der Waals surface area contributed by atoms with Crippen LogP contribution in [0.4, 0.5) is 0 Å². The summed E-state index contributed by atoms with van der Waals surface area (Å²) in [7, 11) is 5.23. The molecule has 0 radical (unpaired) electrons. The molecule has 1 aliphatic rings. The first-order chi connectivity index (χ1) is 12.2. The van der Waals surface area contributed by atoms with Crippen LogP contribution in [0.25, 0.3) is 0 Å². The number of methoxy groups -OCH3 is 1. The van der Waals surface area contributed by atoms with Gasteiger partial charge in [0.05, 0.1) is 6.61 Å². The Hall–Kier alpha value is -2.08. The molecule has 1 saturated heterocycles. The highest BCUT2D eigenvalue weighted by Crippen LogP contribution is 2.20. The van der Waals surface area contributed by atoms with Gasteiger partial charge in [0, 0.05) is 47.3 Å². The molecule has 6 nitrogen and oxygen atoms in total. The minimum atomic E-state index is 0.136. The highest BCUT2D eigenvalue weighted by atomic mass is 16.5. The van der Waals surface area contributed by atoms with Gasteiger partial charge in [0.1, 0.15) is 0 Å². The van der Waals surface area contributed by atoms with E-state index in [2.05, 4.69) is 44.8 Å². The monoisotopic (exact) mass is 346 g/mol. The van der Waals surface area contributed by atoms with E-state index >= 15 is 0 Å². The number of amides is 1. The minimum absolute atomic E-state index is 0.136. The van der Waals surface area contributed by atoms with Crippen LogP contribution in [0.1, 0.15) is 30.4 Å². The largest absolute Gasteiger partial charge is 0.380 e. The molecule has 2 N–H and O–H groups in total. The van der Waals surface area contributed by atoms with E-state index in [-0.39, 0.29) is 5.91 Å². The van der Waals surface area contributed by atoms with Gasteiger partial charge in [-0.05, 0) is 29.9 Å². The summed E-state index contributed by atoms with van der Waals surface area (Å²) in [5.74, 6) is 1.53. The molecular weight excluding hydrogens is 316 g/mol. The van der Waals surface area contributed by atoms with E-state index in [1.807, 2.05) is 7.05 Å². The zero-order chi connectivity index (χ0) is 18.1. The van der Waals surface area contributed by atoms with Gasteiger partial charge in [-0.2, -0.15) is 0 Å². The molecule has 1 amide bonds. The van der Waals surface area contributed by atoms with Crippen LogP contribution in [-0.4, -0.2) is 51.1 Å². The number of carbonyl (C=O) groups excluding carboxylic acids is 1. The SMILES string of the molecule is CN=C(NCc1cccc(COC)c1)N1CCC(CC(=O)NC)CC1. The van der Waals surface area contributed by atoms with Gasteiger partial charge in [0.15, 0.2) is 5.96 Å². The molecule has 0 unspecified atom stereocenters. The lowest BCUT2D eigenvalue weighted by molar-refractivity contribution is -0.121. The lowest BCUT2D eigenvalue weighted by Gasteiger charge is -2.34. The Morgan fingerprint density at radius 2 is 2.04 bits per heavy atom. The Balaban J connectivity index is 1.83. The topological polar surface area (TPSA) is 66.0 Å². The molecule has 1 heterocycles. The predicted octanol–water partition coefficient (Wildman–Crippen LogP) is 1.76. The molecule has 0 aromatic heterocycles. The van der Waals surface area contributed by atoms with Crippen molar-refractivity contribution in [1.82, 2.24) is 15.5 Å². The molecular formula is C19H30N4O2. The van der Waals surface area contributed by atoms with Gasteiger partial charge >= 0.3 is 0 Å². The summed E-state index contributed by atoms with van der Waals surface area (Å²) >= 11 is 0. The Morgan fingerprint density at radius 1 is 1.32 bits per heavy atom. The second-order valence-electron chi connectivity index (χ2n) is 6.46. The number of guanidine groups is 1. The van der Waals surface area contributed by atoms with E-state index in [9.17, 15) is 4.79 Å². The molecule has 6 heteroatoms. The number of hydrogen-bond acceptors (Lipinski definition) is 3. The van der Waals surface area contributed by atoms with E-state index in [1.54, 1.807) is 14.2 Å². The second-order valence-corrected chi connectivity index (χ2v) is 6.46. The van der Waals surface area contributed by atoms with Crippen LogP contribution in [0.3, 0.4) is 0 Å². The van der Waals surface area contributed by atoms with Crippen LogP contribution in [0.2, 0.25) is 0 Å².